The Balaban J connectivity index is 1.62. The molecule has 0 aliphatic heterocycles. The molecule has 3 N–H and O–H groups in total. The minimum absolute atomic E-state index is 0.309. The zero-order valence-corrected chi connectivity index (χ0v) is 13.0. The van der Waals surface area contributed by atoms with Gasteiger partial charge in [0.05, 0.1) is 19.3 Å². The van der Waals surface area contributed by atoms with E-state index in [0.717, 1.165) is 22.4 Å². The zero-order valence-electron chi connectivity index (χ0n) is 13.0. The molecule has 3 rings (SSSR count). The van der Waals surface area contributed by atoms with Crippen LogP contribution in [0.3, 0.4) is 0 Å². The number of rotatable bonds is 4. The van der Waals surface area contributed by atoms with Gasteiger partial charge in [0.15, 0.2) is 0 Å². The van der Waals surface area contributed by atoms with Gasteiger partial charge < -0.3 is 20.5 Å². The number of nitrogens with one attached hydrogen (secondary N) is 2. The van der Waals surface area contributed by atoms with Crippen molar-refractivity contribution < 1.29 is 14.6 Å². The second-order valence-corrected chi connectivity index (χ2v) is 5.59. The number of aliphatic hydroxyl groups is 1. The molecule has 5 heteroatoms. The summed E-state index contributed by atoms with van der Waals surface area (Å²) in [4.78, 5) is 12.2. The van der Waals surface area contributed by atoms with Crippen LogP contribution in [-0.4, -0.2) is 24.4 Å². The molecule has 0 saturated heterocycles. The number of hydrogen-bond acceptors (Lipinski definition) is 3. The lowest BCUT2D eigenvalue weighted by atomic mass is 10.1. The third-order valence-corrected chi connectivity index (χ3v) is 4.12. The van der Waals surface area contributed by atoms with Gasteiger partial charge in [-0.25, -0.2) is 4.79 Å². The first-order valence-corrected chi connectivity index (χ1v) is 7.61. The SMILES string of the molecule is COc1ccccc1CNC(=O)N[C@@H]1c2ccccc2C[C@@H]1O. The summed E-state index contributed by atoms with van der Waals surface area (Å²) in [5.41, 5.74) is 2.96. The third-order valence-electron chi connectivity index (χ3n) is 4.12. The van der Waals surface area contributed by atoms with Crippen LogP contribution in [0.1, 0.15) is 22.7 Å². The highest BCUT2D eigenvalue weighted by atomic mass is 16.5. The summed E-state index contributed by atoms with van der Waals surface area (Å²) in [6.45, 7) is 0.361. The topological polar surface area (TPSA) is 70.6 Å². The molecular formula is C18H20N2O3. The Morgan fingerprint density at radius 1 is 1.22 bits per heavy atom. The monoisotopic (exact) mass is 312 g/mol. The van der Waals surface area contributed by atoms with E-state index < -0.39 is 6.10 Å². The number of carbonyl (C=O) groups is 1. The minimum atomic E-state index is -0.593. The Labute approximate surface area is 135 Å². The van der Waals surface area contributed by atoms with Crippen LogP contribution in [0.25, 0.3) is 0 Å². The number of para-hydroxylation sites is 1. The van der Waals surface area contributed by atoms with E-state index in [-0.39, 0.29) is 12.1 Å². The van der Waals surface area contributed by atoms with Crippen molar-refractivity contribution in [1.82, 2.24) is 10.6 Å². The standard InChI is InChI=1S/C18H20N2O3/c1-23-16-9-5-3-7-13(16)11-19-18(22)20-17-14-8-4-2-6-12(14)10-15(17)21/h2-9,15,17,21H,10-11H2,1H3,(H2,19,20,22)/t15-,17+/m0/s1. The van der Waals surface area contributed by atoms with Crippen molar-refractivity contribution in [2.75, 3.05) is 7.11 Å². The predicted molar refractivity (Wildman–Crippen MR) is 87.3 cm³/mol. The van der Waals surface area contributed by atoms with Gasteiger partial charge in [-0.1, -0.05) is 42.5 Å². The summed E-state index contributed by atoms with van der Waals surface area (Å²) >= 11 is 0. The molecule has 0 bridgehead atoms. The van der Waals surface area contributed by atoms with Crippen LogP contribution >= 0.6 is 0 Å². The first kappa shape index (κ1) is 15.4. The molecule has 0 heterocycles. The molecule has 0 aromatic heterocycles. The first-order valence-electron chi connectivity index (χ1n) is 7.61. The average molecular weight is 312 g/mol. The molecule has 0 spiro atoms. The Morgan fingerprint density at radius 3 is 2.78 bits per heavy atom. The number of urea groups is 1. The number of carbonyl (C=O) groups excluding carboxylic acids is 1. The van der Waals surface area contributed by atoms with Gasteiger partial charge in [-0.15, -0.1) is 0 Å². The normalized spacial score (nSPS) is 19.0. The largest absolute Gasteiger partial charge is 0.496 e. The number of aliphatic hydroxyl groups excluding tert-OH is 1. The molecule has 0 fully saturated rings. The summed E-state index contributed by atoms with van der Waals surface area (Å²) in [5, 5.41) is 15.8. The summed E-state index contributed by atoms with van der Waals surface area (Å²) < 4.78 is 5.26. The summed E-state index contributed by atoms with van der Waals surface area (Å²) in [6, 6.07) is 14.6. The predicted octanol–water partition coefficient (Wildman–Crippen LogP) is 2.15. The van der Waals surface area contributed by atoms with Gasteiger partial charge in [0.2, 0.25) is 0 Å². The number of benzene rings is 2. The molecule has 23 heavy (non-hydrogen) atoms. The molecule has 2 amide bonds. The molecule has 2 atom stereocenters. The van der Waals surface area contributed by atoms with Crippen LogP contribution in [0.5, 0.6) is 5.75 Å². The Morgan fingerprint density at radius 2 is 1.96 bits per heavy atom. The number of hydrogen-bond donors (Lipinski definition) is 3. The van der Waals surface area contributed by atoms with Crippen LogP contribution in [0.15, 0.2) is 48.5 Å². The van der Waals surface area contributed by atoms with Crippen LogP contribution in [0.2, 0.25) is 0 Å². The fourth-order valence-corrected chi connectivity index (χ4v) is 2.96. The van der Waals surface area contributed by atoms with E-state index in [4.69, 9.17) is 4.74 Å². The van der Waals surface area contributed by atoms with Crippen molar-refractivity contribution in [1.29, 1.82) is 0 Å². The molecular weight excluding hydrogens is 292 g/mol. The first-order chi connectivity index (χ1) is 11.2. The van der Waals surface area contributed by atoms with Gasteiger partial charge in [0.25, 0.3) is 0 Å². The zero-order chi connectivity index (χ0) is 16.2. The molecule has 2 aromatic carbocycles. The highest BCUT2D eigenvalue weighted by Crippen LogP contribution is 2.31. The minimum Gasteiger partial charge on any atom is -0.496 e. The van der Waals surface area contributed by atoms with E-state index in [0.29, 0.717) is 13.0 Å². The van der Waals surface area contributed by atoms with Crippen LogP contribution in [-0.2, 0) is 13.0 Å². The maximum Gasteiger partial charge on any atom is 0.315 e. The van der Waals surface area contributed by atoms with Gasteiger partial charge in [0.1, 0.15) is 5.75 Å². The Hall–Kier alpha value is -2.53. The molecule has 2 aromatic rings. The van der Waals surface area contributed by atoms with Gasteiger partial charge in [-0.3, -0.25) is 0 Å². The van der Waals surface area contributed by atoms with Crippen LogP contribution < -0.4 is 15.4 Å². The second-order valence-electron chi connectivity index (χ2n) is 5.59. The Kier molecular flexibility index (Phi) is 4.48. The number of amides is 2. The average Bonchev–Trinajstić information content (AvgIpc) is 2.89. The molecule has 1 aliphatic rings. The van der Waals surface area contributed by atoms with Gasteiger partial charge >= 0.3 is 6.03 Å². The van der Waals surface area contributed by atoms with E-state index in [1.165, 1.54) is 0 Å². The highest BCUT2D eigenvalue weighted by Gasteiger charge is 2.31. The molecule has 120 valence electrons. The Bertz CT molecular complexity index is 702. The lowest BCUT2D eigenvalue weighted by Crippen LogP contribution is -2.40. The lowest BCUT2D eigenvalue weighted by molar-refractivity contribution is 0.142. The third kappa shape index (κ3) is 3.29. The second kappa shape index (κ2) is 6.71. The quantitative estimate of drug-likeness (QED) is 0.810. The molecule has 0 saturated carbocycles. The van der Waals surface area contributed by atoms with E-state index in [1.54, 1.807) is 7.11 Å². The highest BCUT2D eigenvalue weighted by molar-refractivity contribution is 5.75. The number of methoxy groups -OCH3 is 1. The summed E-state index contributed by atoms with van der Waals surface area (Å²) in [6.07, 6.45) is -0.0300. The van der Waals surface area contributed by atoms with Crippen LogP contribution in [0, 0.1) is 0 Å². The van der Waals surface area contributed by atoms with Crippen molar-refractivity contribution in [3.63, 3.8) is 0 Å². The molecule has 0 unspecified atom stereocenters. The van der Waals surface area contributed by atoms with Crippen molar-refractivity contribution >= 4 is 6.03 Å². The van der Waals surface area contributed by atoms with Crippen LogP contribution in [0.4, 0.5) is 4.79 Å². The van der Waals surface area contributed by atoms with E-state index in [2.05, 4.69) is 10.6 Å². The maximum absolute atomic E-state index is 12.2. The maximum atomic E-state index is 12.2. The van der Waals surface area contributed by atoms with E-state index >= 15 is 0 Å². The molecule has 0 radical (unpaired) electrons. The smallest absolute Gasteiger partial charge is 0.315 e. The van der Waals surface area contributed by atoms with Crippen molar-refractivity contribution in [3.8, 4) is 5.75 Å². The summed E-state index contributed by atoms with van der Waals surface area (Å²) in [5.74, 6) is 0.735. The van der Waals surface area contributed by atoms with Gasteiger partial charge in [0, 0.05) is 18.5 Å². The fourth-order valence-electron chi connectivity index (χ4n) is 2.96. The van der Waals surface area contributed by atoms with Gasteiger partial charge in [-0.05, 0) is 17.2 Å². The lowest BCUT2D eigenvalue weighted by Gasteiger charge is -2.18. The van der Waals surface area contributed by atoms with Crippen molar-refractivity contribution in [2.24, 2.45) is 0 Å². The molecule has 5 nitrogen and oxygen atoms in total. The molecule has 1 aliphatic carbocycles. The van der Waals surface area contributed by atoms with E-state index in [9.17, 15) is 9.90 Å². The number of fused-ring (bicyclic) bond motifs is 1. The van der Waals surface area contributed by atoms with Gasteiger partial charge in [-0.2, -0.15) is 0 Å². The van der Waals surface area contributed by atoms with Crippen molar-refractivity contribution in [2.45, 2.75) is 25.1 Å². The van der Waals surface area contributed by atoms with Crippen molar-refractivity contribution in [3.05, 3.63) is 65.2 Å². The van der Waals surface area contributed by atoms with E-state index in [1.807, 2.05) is 48.5 Å². The fraction of sp³-hybridized carbons (Fsp3) is 0.278. The number of ether oxygens (including phenoxy) is 1. The summed E-state index contributed by atoms with van der Waals surface area (Å²) in [7, 11) is 1.60.